The fourth-order valence-electron chi connectivity index (χ4n) is 2.95. The Bertz CT molecular complexity index is 971. The molecular formula is C22H21ClN2O2. The zero-order valence-electron chi connectivity index (χ0n) is 15.6. The number of halogens is 1. The molecule has 0 bridgehead atoms. The summed E-state index contributed by atoms with van der Waals surface area (Å²) in [5.41, 5.74) is 5.62. The Kier molecular flexibility index (Phi) is 5.77. The quantitative estimate of drug-likeness (QED) is 0.422. The van der Waals surface area contributed by atoms with Crippen molar-refractivity contribution in [3.8, 4) is 5.69 Å². The van der Waals surface area contributed by atoms with Crippen LogP contribution in [0.3, 0.4) is 0 Å². The summed E-state index contributed by atoms with van der Waals surface area (Å²) < 4.78 is 7.16. The third-order valence-corrected chi connectivity index (χ3v) is 4.54. The number of rotatable bonds is 5. The van der Waals surface area contributed by atoms with E-state index in [1.807, 2.05) is 30.5 Å². The van der Waals surface area contributed by atoms with Crippen LogP contribution >= 0.6 is 11.6 Å². The summed E-state index contributed by atoms with van der Waals surface area (Å²) in [5, 5.41) is 0.717. The highest BCUT2D eigenvalue weighted by molar-refractivity contribution is 6.30. The van der Waals surface area contributed by atoms with Crippen LogP contribution in [0, 0.1) is 13.8 Å². The molecule has 0 aliphatic heterocycles. The van der Waals surface area contributed by atoms with Gasteiger partial charge in [0.2, 0.25) is 0 Å². The second-order valence-electron chi connectivity index (χ2n) is 6.16. The molecule has 27 heavy (non-hydrogen) atoms. The number of aryl methyl sites for hydroxylation is 1. The molecule has 3 rings (SSSR count). The van der Waals surface area contributed by atoms with Crippen LogP contribution in [0.4, 0.5) is 5.69 Å². The minimum atomic E-state index is -0.320. The van der Waals surface area contributed by atoms with E-state index in [-0.39, 0.29) is 5.97 Å². The van der Waals surface area contributed by atoms with E-state index in [1.54, 1.807) is 31.2 Å². The van der Waals surface area contributed by atoms with Gasteiger partial charge in [0.1, 0.15) is 0 Å². The largest absolute Gasteiger partial charge is 0.462 e. The summed E-state index contributed by atoms with van der Waals surface area (Å²) in [6, 6.07) is 16.9. The van der Waals surface area contributed by atoms with Crippen molar-refractivity contribution in [1.82, 2.24) is 4.57 Å². The molecule has 0 aliphatic carbocycles. The minimum Gasteiger partial charge on any atom is -0.462 e. The molecule has 0 amide bonds. The molecule has 0 unspecified atom stereocenters. The first-order chi connectivity index (χ1) is 13.0. The van der Waals surface area contributed by atoms with E-state index < -0.39 is 0 Å². The van der Waals surface area contributed by atoms with E-state index >= 15 is 0 Å². The van der Waals surface area contributed by atoms with E-state index in [4.69, 9.17) is 16.3 Å². The molecule has 3 aromatic rings. The number of ether oxygens (including phenoxy) is 1. The van der Waals surface area contributed by atoms with E-state index in [9.17, 15) is 4.79 Å². The van der Waals surface area contributed by atoms with Crippen molar-refractivity contribution < 1.29 is 9.53 Å². The molecule has 0 atom stereocenters. The first-order valence-electron chi connectivity index (χ1n) is 8.75. The van der Waals surface area contributed by atoms with Crippen LogP contribution < -0.4 is 0 Å². The smallest absolute Gasteiger partial charge is 0.338 e. The van der Waals surface area contributed by atoms with Crippen molar-refractivity contribution >= 4 is 29.5 Å². The number of aliphatic imine (C=N–C) groups is 1. The highest BCUT2D eigenvalue weighted by Crippen LogP contribution is 2.22. The Morgan fingerprint density at radius 2 is 1.78 bits per heavy atom. The van der Waals surface area contributed by atoms with Crippen molar-refractivity contribution in [2.75, 3.05) is 6.61 Å². The van der Waals surface area contributed by atoms with Crippen LogP contribution in [-0.2, 0) is 4.74 Å². The van der Waals surface area contributed by atoms with Crippen LogP contribution in [0.5, 0.6) is 0 Å². The summed E-state index contributed by atoms with van der Waals surface area (Å²) in [5.74, 6) is -0.320. The molecule has 138 valence electrons. The predicted molar refractivity (Wildman–Crippen MR) is 110 cm³/mol. The summed E-state index contributed by atoms with van der Waals surface area (Å²) >= 11 is 5.99. The average molecular weight is 381 g/mol. The highest BCUT2D eigenvalue weighted by atomic mass is 35.5. The number of hydrogen-bond acceptors (Lipinski definition) is 3. The molecule has 1 aromatic heterocycles. The second kappa shape index (κ2) is 8.23. The Hall–Kier alpha value is -2.85. The Balaban J connectivity index is 1.83. The normalized spacial score (nSPS) is 11.1. The molecule has 0 saturated carbocycles. The lowest BCUT2D eigenvalue weighted by molar-refractivity contribution is 0.0526. The molecule has 1 heterocycles. The summed E-state index contributed by atoms with van der Waals surface area (Å²) in [6.07, 6.45) is 1.84. The SMILES string of the molecule is CCOC(=O)c1ccc(N=Cc2cc(C)n(-c3ccc(Cl)cc3)c2C)cc1. The van der Waals surface area contributed by atoms with Crippen LogP contribution in [0.1, 0.15) is 34.2 Å². The molecular weight excluding hydrogens is 360 g/mol. The zero-order chi connectivity index (χ0) is 19.4. The lowest BCUT2D eigenvalue weighted by atomic mass is 10.2. The monoisotopic (exact) mass is 380 g/mol. The lowest BCUT2D eigenvalue weighted by Crippen LogP contribution is -2.03. The number of aromatic nitrogens is 1. The van der Waals surface area contributed by atoms with Gasteiger partial charge in [-0.15, -0.1) is 0 Å². The molecule has 4 nitrogen and oxygen atoms in total. The Morgan fingerprint density at radius 3 is 2.41 bits per heavy atom. The van der Waals surface area contributed by atoms with Gasteiger partial charge in [-0.3, -0.25) is 4.99 Å². The fourth-order valence-corrected chi connectivity index (χ4v) is 3.07. The third kappa shape index (κ3) is 4.29. The molecule has 0 fully saturated rings. The van der Waals surface area contributed by atoms with Gasteiger partial charge in [-0.2, -0.15) is 0 Å². The second-order valence-corrected chi connectivity index (χ2v) is 6.60. The van der Waals surface area contributed by atoms with Gasteiger partial charge < -0.3 is 9.30 Å². The van der Waals surface area contributed by atoms with Gasteiger partial charge in [-0.25, -0.2) is 4.79 Å². The van der Waals surface area contributed by atoms with Crippen LogP contribution in [0.2, 0.25) is 5.02 Å². The Morgan fingerprint density at radius 1 is 1.11 bits per heavy atom. The molecule has 0 saturated heterocycles. The van der Waals surface area contributed by atoms with Crippen molar-refractivity contribution in [2.24, 2.45) is 4.99 Å². The summed E-state index contributed by atoms with van der Waals surface area (Å²) in [6.45, 7) is 6.28. The fraction of sp³-hybridized carbons (Fsp3) is 0.182. The van der Waals surface area contributed by atoms with Gasteiger partial charge >= 0.3 is 5.97 Å². The van der Waals surface area contributed by atoms with E-state index in [1.165, 1.54) is 0 Å². The van der Waals surface area contributed by atoms with Crippen LogP contribution in [-0.4, -0.2) is 23.4 Å². The van der Waals surface area contributed by atoms with E-state index in [0.29, 0.717) is 17.2 Å². The van der Waals surface area contributed by atoms with Gasteiger partial charge in [-0.1, -0.05) is 11.6 Å². The number of esters is 1. The standard InChI is InChI=1S/C22H21ClN2O2/c1-4-27-22(26)17-5-9-20(10-6-17)24-14-18-13-15(2)25(16(18)3)21-11-7-19(23)8-12-21/h5-14H,4H2,1-3H3. The molecule has 0 spiro atoms. The molecule has 0 N–H and O–H groups in total. The Labute approximate surface area is 164 Å². The number of benzene rings is 2. The summed E-state index contributed by atoms with van der Waals surface area (Å²) in [4.78, 5) is 16.2. The maximum atomic E-state index is 11.7. The molecule has 0 radical (unpaired) electrons. The van der Waals surface area contributed by atoms with Crippen LogP contribution in [0.25, 0.3) is 5.69 Å². The summed E-state index contributed by atoms with van der Waals surface area (Å²) in [7, 11) is 0. The molecule has 0 aliphatic rings. The van der Waals surface area contributed by atoms with E-state index in [2.05, 4.69) is 29.5 Å². The van der Waals surface area contributed by atoms with Crippen molar-refractivity contribution in [3.05, 3.63) is 82.1 Å². The highest BCUT2D eigenvalue weighted by Gasteiger charge is 2.09. The first-order valence-corrected chi connectivity index (χ1v) is 9.13. The van der Waals surface area contributed by atoms with Crippen molar-refractivity contribution in [2.45, 2.75) is 20.8 Å². The average Bonchev–Trinajstić information content (AvgIpc) is 2.95. The topological polar surface area (TPSA) is 43.6 Å². The predicted octanol–water partition coefficient (Wildman–Crippen LogP) is 5.67. The van der Waals surface area contributed by atoms with Crippen molar-refractivity contribution in [3.63, 3.8) is 0 Å². The maximum absolute atomic E-state index is 11.7. The van der Waals surface area contributed by atoms with Crippen molar-refractivity contribution in [1.29, 1.82) is 0 Å². The van der Waals surface area contributed by atoms with Crippen LogP contribution in [0.15, 0.2) is 59.6 Å². The van der Waals surface area contributed by atoms with Gasteiger partial charge in [0, 0.05) is 33.9 Å². The number of carbonyl (C=O) groups is 1. The number of carbonyl (C=O) groups excluding carboxylic acids is 1. The van der Waals surface area contributed by atoms with Gasteiger partial charge in [-0.05, 0) is 75.4 Å². The van der Waals surface area contributed by atoms with Gasteiger partial charge in [0.15, 0.2) is 0 Å². The minimum absolute atomic E-state index is 0.320. The molecule has 2 aromatic carbocycles. The molecule has 5 heteroatoms. The maximum Gasteiger partial charge on any atom is 0.338 e. The third-order valence-electron chi connectivity index (χ3n) is 4.29. The number of hydrogen-bond donors (Lipinski definition) is 0. The van der Waals surface area contributed by atoms with Gasteiger partial charge in [0.25, 0.3) is 0 Å². The first kappa shape index (κ1) is 18.9. The lowest BCUT2D eigenvalue weighted by Gasteiger charge is -2.09. The van der Waals surface area contributed by atoms with E-state index in [0.717, 1.165) is 28.3 Å². The van der Waals surface area contributed by atoms with Gasteiger partial charge in [0.05, 0.1) is 17.9 Å². The number of nitrogens with zero attached hydrogens (tertiary/aromatic N) is 2. The zero-order valence-corrected chi connectivity index (χ0v) is 16.3.